The van der Waals surface area contributed by atoms with Crippen molar-refractivity contribution in [2.75, 3.05) is 11.9 Å². The highest BCUT2D eigenvalue weighted by Crippen LogP contribution is 2.42. The second-order valence-electron chi connectivity index (χ2n) is 6.79. The van der Waals surface area contributed by atoms with Crippen LogP contribution in [0.15, 0.2) is 6.58 Å². The molecule has 1 aromatic rings. The van der Waals surface area contributed by atoms with Crippen LogP contribution in [0.1, 0.15) is 67.9 Å². The number of carbonyl (C=O) groups excluding carboxylic acids is 1. The molecule has 1 aromatic heterocycles. The second-order valence-corrected chi connectivity index (χ2v) is 7.90. The Balaban J connectivity index is 1.76. The molecule has 3 rings (SSSR count). The Bertz CT molecular complexity index is 586. The first kappa shape index (κ1) is 16.6. The fourth-order valence-electron chi connectivity index (χ4n) is 3.24. The zero-order valence-corrected chi connectivity index (χ0v) is 15.0. The van der Waals surface area contributed by atoms with Gasteiger partial charge in [-0.2, -0.15) is 0 Å². The number of hydrogen-bond acceptors (Lipinski definition) is 3. The first-order valence-corrected chi connectivity index (χ1v) is 9.91. The van der Waals surface area contributed by atoms with E-state index in [0.717, 1.165) is 42.9 Å². The lowest BCUT2D eigenvalue weighted by atomic mass is 9.94. The lowest BCUT2D eigenvalue weighted by molar-refractivity contribution is -0.117. The van der Waals surface area contributed by atoms with Crippen LogP contribution in [0.3, 0.4) is 0 Å². The molecular formula is C19H28N2OS. The number of carbonyl (C=O) groups is 1. The molecule has 0 radical (unpaired) electrons. The predicted octanol–water partition coefficient (Wildman–Crippen LogP) is 4.73. The molecule has 2 aliphatic rings. The molecule has 0 spiro atoms. The van der Waals surface area contributed by atoms with Gasteiger partial charge in [-0.15, -0.1) is 11.3 Å². The molecule has 0 aromatic carbocycles. The van der Waals surface area contributed by atoms with Crippen molar-refractivity contribution < 1.29 is 4.79 Å². The lowest BCUT2D eigenvalue weighted by Gasteiger charge is -2.16. The van der Waals surface area contributed by atoms with Crippen molar-refractivity contribution in [3.63, 3.8) is 0 Å². The number of thiophene rings is 1. The van der Waals surface area contributed by atoms with Gasteiger partial charge >= 0.3 is 0 Å². The number of rotatable bonds is 8. The van der Waals surface area contributed by atoms with Crippen molar-refractivity contribution in [2.24, 2.45) is 5.92 Å². The summed E-state index contributed by atoms with van der Waals surface area (Å²) < 4.78 is 0. The van der Waals surface area contributed by atoms with Crippen molar-refractivity contribution in [3.8, 4) is 0 Å². The SMILES string of the molecule is C=C(NCCCCC)c1c(NC(=O)C2CC2)sc2c1CCCC2. The Morgan fingerprint density at radius 1 is 1.26 bits per heavy atom. The van der Waals surface area contributed by atoms with Gasteiger partial charge in [-0.3, -0.25) is 4.79 Å². The average molecular weight is 333 g/mol. The van der Waals surface area contributed by atoms with Crippen molar-refractivity contribution in [3.05, 3.63) is 22.6 Å². The lowest BCUT2D eigenvalue weighted by Crippen LogP contribution is -2.17. The van der Waals surface area contributed by atoms with Gasteiger partial charge in [0, 0.05) is 28.6 Å². The highest BCUT2D eigenvalue weighted by molar-refractivity contribution is 7.16. The van der Waals surface area contributed by atoms with Crippen LogP contribution in [0.2, 0.25) is 0 Å². The smallest absolute Gasteiger partial charge is 0.228 e. The Labute approximate surface area is 143 Å². The number of anilines is 1. The minimum atomic E-state index is 0.198. The monoisotopic (exact) mass is 332 g/mol. The summed E-state index contributed by atoms with van der Waals surface area (Å²) in [5.74, 6) is 0.441. The van der Waals surface area contributed by atoms with E-state index in [-0.39, 0.29) is 11.8 Å². The van der Waals surface area contributed by atoms with E-state index in [0.29, 0.717) is 0 Å². The molecule has 0 atom stereocenters. The molecule has 1 fully saturated rings. The van der Waals surface area contributed by atoms with E-state index in [1.807, 2.05) is 0 Å². The van der Waals surface area contributed by atoms with Crippen LogP contribution in [-0.4, -0.2) is 12.5 Å². The van der Waals surface area contributed by atoms with Crippen LogP contribution in [0, 0.1) is 5.92 Å². The van der Waals surface area contributed by atoms with Gasteiger partial charge in [0.25, 0.3) is 0 Å². The quantitative estimate of drug-likeness (QED) is 0.676. The summed E-state index contributed by atoms with van der Waals surface area (Å²) in [6.45, 7) is 7.46. The fraction of sp³-hybridized carbons (Fsp3) is 0.632. The Hall–Kier alpha value is -1.29. The minimum Gasteiger partial charge on any atom is -0.385 e. The fourth-order valence-corrected chi connectivity index (χ4v) is 4.56. The van der Waals surface area contributed by atoms with Gasteiger partial charge in [-0.05, 0) is 50.5 Å². The molecule has 0 bridgehead atoms. The molecule has 1 amide bonds. The van der Waals surface area contributed by atoms with Crippen molar-refractivity contribution in [1.29, 1.82) is 0 Å². The number of unbranched alkanes of at least 4 members (excludes halogenated alkanes) is 2. The minimum absolute atomic E-state index is 0.198. The summed E-state index contributed by atoms with van der Waals surface area (Å²) in [6.07, 6.45) is 10.5. The summed E-state index contributed by atoms with van der Waals surface area (Å²) >= 11 is 1.77. The number of hydrogen-bond donors (Lipinski definition) is 2. The summed E-state index contributed by atoms with van der Waals surface area (Å²) in [4.78, 5) is 13.7. The van der Waals surface area contributed by atoms with E-state index >= 15 is 0 Å². The summed E-state index contributed by atoms with van der Waals surface area (Å²) in [5.41, 5.74) is 3.61. The third kappa shape index (κ3) is 3.97. The molecule has 126 valence electrons. The molecule has 1 heterocycles. The largest absolute Gasteiger partial charge is 0.385 e. The van der Waals surface area contributed by atoms with E-state index in [1.165, 1.54) is 48.1 Å². The molecule has 4 heteroatoms. The maximum atomic E-state index is 12.2. The van der Waals surface area contributed by atoms with Crippen LogP contribution in [-0.2, 0) is 17.6 Å². The van der Waals surface area contributed by atoms with Gasteiger partial charge in [0.05, 0.1) is 0 Å². The normalized spacial score (nSPS) is 16.7. The molecule has 0 aliphatic heterocycles. The number of nitrogens with one attached hydrogen (secondary N) is 2. The van der Waals surface area contributed by atoms with Gasteiger partial charge in [-0.25, -0.2) is 0 Å². The molecule has 1 saturated carbocycles. The van der Waals surface area contributed by atoms with Crippen LogP contribution in [0.5, 0.6) is 0 Å². The van der Waals surface area contributed by atoms with Crippen molar-refractivity contribution in [1.82, 2.24) is 5.32 Å². The Morgan fingerprint density at radius 3 is 2.78 bits per heavy atom. The van der Waals surface area contributed by atoms with Crippen LogP contribution < -0.4 is 10.6 Å². The van der Waals surface area contributed by atoms with E-state index in [9.17, 15) is 4.79 Å². The third-order valence-corrected chi connectivity index (χ3v) is 5.98. The zero-order valence-electron chi connectivity index (χ0n) is 14.2. The van der Waals surface area contributed by atoms with Crippen molar-refractivity contribution >= 4 is 27.9 Å². The zero-order chi connectivity index (χ0) is 16.2. The van der Waals surface area contributed by atoms with Gasteiger partial charge in [0.1, 0.15) is 5.00 Å². The highest BCUT2D eigenvalue weighted by atomic mass is 32.1. The van der Waals surface area contributed by atoms with Crippen LogP contribution in [0.25, 0.3) is 5.70 Å². The molecule has 23 heavy (non-hydrogen) atoms. The molecule has 3 nitrogen and oxygen atoms in total. The van der Waals surface area contributed by atoms with Gasteiger partial charge in [0.15, 0.2) is 0 Å². The maximum Gasteiger partial charge on any atom is 0.228 e. The van der Waals surface area contributed by atoms with E-state index in [2.05, 4.69) is 24.1 Å². The molecule has 2 N–H and O–H groups in total. The van der Waals surface area contributed by atoms with Gasteiger partial charge in [0.2, 0.25) is 5.91 Å². The molecule has 0 saturated heterocycles. The molecule has 0 unspecified atom stereocenters. The number of amides is 1. The van der Waals surface area contributed by atoms with E-state index in [4.69, 9.17) is 0 Å². The third-order valence-electron chi connectivity index (χ3n) is 4.78. The first-order chi connectivity index (χ1) is 11.2. The Morgan fingerprint density at radius 2 is 2.04 bits per heavy atom. The molecule has 2 aliphatic carbocycles. The molecular weight excluding hydrogens is 304 g/mol. The second kappa shape index (κ2) is 7.52. The van der Waals surface area contributed by atoms with E-state index < -0.39 is 0 Å². The van der Waals surface area contributed by atoms with Crippen LogP contribution in [0.4, 0.5) is 5.00 Å². The topological polar surface area (TPSA) is 41.1 Å². The van der Waals surface area contributed by atoms with Crippen molar-refractivity contribution in [2.45, 2.75) is 64.7 Å². The average Bonchev–Trinajstić information content (AvgIpc) is 3.33. The highest BCUT2D eigenvalue weighted by Gasteiger charge is 2.31. The number of aryl methyl sites for hydroxylation is 1. The predicted molar refractivity (Wildman–Crippen MR) is 98.9 cm³/mol. The summed E-state index contributed by atoms with van der Waals surface area (Å²) in [6, 6.07) is 0. The summed E-state index contributed by atoms with van der Waals surface area (Å²) in [7, 11) is 0. The van der Waals surface area contributed by atoms with E-state index in [1.54, 1.807) is 11.3 Å². The number of fused-ring (bicyclic) bond motifs is 1. The van der Waals surface area contributed by atoms with Crippen LogP contribution >= 0.6 is 11.3 Å². The first-order valence-electron chi connectivity index (χ1n) is 9.09. The van der Waals surface area contributed by atoms with Gasteiger partial charge in [-0.1, -0.05) is 26.3 Å². The Kier molecular flexibility index (Phi) is 5.42. The van der Waals surface area contributed by atoms with Gasteiger partial charge < -0.3 is 10.6 Å². The summed E-state index contributed by atoms with van der Waals surface area (Å²) in [5, 5.41) is 7.71. The maximum absolute atomic E-state index is 12.2. The standard InChI is InChI=1S/C19H28N2OS/c1-3-4-7-12-20-13(2)17-15-8-5-6-9-16(15)23-19(17)21-18(22)14-10-11-14/h14,20H,2-12H2,1H3,(H,21,22).